The van der Waals surface area contributed by atoms with Gasteiger partial charge in [-0.25, -0.2) is 0 Å². The Balaban J connectivity index is 0.978. The predicted octanol–water partition coefficient (Wildman–Crippen LogP) is 19.2. The normalized spacial score (nSPS) is 11.8. The van der Waals surface area contributed by atoms with E-state index in [1.54, 1.807) is 0 Å². The summed E-state index contributed by atoms with van der Waals surface area (Å²) in [6.07, 6.45) is 0. The molecule has 14 aromatic carbocycles. The molecule has 0 aromatic heterocycles. The highest BCUT2D eigenvalue weighted by atomic mass is 14.2. The van der Waals surface area contributed by atoms with E-state index in [2.05, 4.69) is 255 Å². The minimum Gasteiger partial charge on any atom is -0.0622 e. The summed E-state index contributed by atoms with van der Waals surface area (Å²) in [5.74, 6) is 0. The van der Waals surface area contributed by atoms with Crippen LogP contribution >= 0.6 is 0 Å². The summed E-state index contributed by atoms with van der Waals surface area (Å²) < 4.78 is 0. The lowest BCUT2D eigenvalue weighted by atomic mass is 9.82. The van der Waals surface area contributed by atoms with E-state index < -0.39 is 0 Å². The SMILES string of the molecule is c1ccc(-c2cc(-c3ccccc3)cc(-c3cc4cccc5c(-c6cc7cccc8c(-c9cc(-c%10ccccc%10)cc(-c%10ccccc%10)c9)cc9cccc6c9c78)cc6cccc3c6c45)c2)cc1. The van der Waals surface area contributed by atoms with Gasteiger partial charge in [0.2, 0.25) is 0 Å². The summed E-state index contributed by atoms with van der Waals surface area (Å²) in [5, 5.41) is 15.4. The molecule has 0 nitrogen and oxygen atoms in total. The van der Waals surface area contributed by atoms with E-state index in [0.717, 1.165) is 0 Å². The molecule has 0 aliphatic carbocycles. The molecular weight excluding hydrogens is 817 g/mol. The van der Waals surface area contributed by atoms with Crippen LogP contribution < -0.4 is 0 Å². The van der Waals surface area contributed by atoms with Crippen molar-refractivity contribution in [3.05, 3.63) is 255 Å². The molecule has 0 heteroatoms. The molecule has 0 aliphatic heterocycles. The molecule has 0 fully saturated rings. The Morgan fingerprint density at radius 3 is 0.662 bits per heavy atom. The molecule has 0 radical (unpaired) electrons. The van der Waals surface area contributed by atoms with E-state index in [9.17, 15) is 0 Å². The van der Waals surface area contributed by atoms with Crippen molar-refractivity contribution in [1.29, 1.82) is 0 Å². The quantitative estimate of drug-likeness (QED) is 0.140. The van der Waals surface area contributed by atoms with Crippen LogP contribution in [0.5, 0.6) is 0 Å². The van der Waals surface area contributed by atoms with Crippen molar-refractivity contribution in [3.8, 4) is 77.9 Å². The molecule has 14 rings (SSSR count). The van der Waals surface area contributed by atoms with E-state index in [1.807, 2.05) is 0 Å². The van der Waals surface area contributed by atoms with Gasteiger partial charge in [-0.3, -0.25) is 0 Å². The molecule has 0 amide bonds. The lowest BCUT2D eigenvalue weighted by molar-refractivity contribution is 1.58. The zero-order valence-electron chi connectivity index (χ0n) is 37.2. The van der Waals surface area contributed by atoms with Crippen LogP contribution in [0.1, 0.15) is 0 Å². The van der Waals surface area contributed by atoms with E-state index in [-0.39, 0.29) is 0 Å². The number of rotatable bonds is 7. The Morgan fingerprint density at radius 1 is 0.147 bits per heavy atom. The summed E-state index contributed by atoms with van der Waals surface area (Å²) in [6.45, 7) is 0. The summed E-state index contributed by atoms with van der Waals surface area (Å²) in [6, 6.07) is 94.7. The van der Waals surface area contributed by atoms with Gasteiger partial charge in [0.05, 0.1) is 0 Å². The van der Waals surface area contributed by atoms with Crippen LogP contribution in [-0.2, 0) is 0 Å². The van der Waals surface area contributed by atoms with E-state index in [4.69, 9.17) is 0 Å². The van der Waals surface area contributed by atoms with Crippen LogP contribution in [0.4, 0.5) is 0 Å². The van der Waals surface area contributed by atoms with Gasteiger partial charge < -0.3 is 0 Å². The van der Waals surface area contributed by atoms with Crippen molar-refractivity contribution >= 4 is 64.6 Å². The van der Waals surface area contributed by atoms with Crippen molar-refractivity contribution in [3.63, 3.8) is 0 Å². The Labute approximate surface area is 395 Å². The van der Waals surface area contributed by atoms with Gasteiger partial charge in [-0.05, 0) is 203 Å². The standard InChI is InChI=1S/C68H42/c1-5-17-43(18-6-1)51-33-52(44-19-7-2-8-20-44)36-55(35-51)61-39-47-25-15-31-59-63(41-49-27-13-29-57(61)65(49)67(47)59)64-42-50-28-14-30-58-62(40-48-26-16-32-60(64)68(48)66(50)58)56-37-53(45-21-9-3-10-22-45)34-54(38-56)46-23-11-4-12-24-46/h1-42H. The Morgan fingerprint density at radius 2 is 0.382 bits per heavy atom. The number of hydrogen-bond acceptors (Lipinski definition) is 0. The summed E-state index contributed by atoms with van der Waals surface area (Å²) in [5.41, 5.74) is 17.2. The first-order valence-corrected chi connectivity index (χ1v) is 23.6. The molecule has 0 N–H and O–H groups in total. The van der Waals surface area contributed by atoms with Gasteiger partial charge in [0.25, 0.3) is 0 Å². The molecule has 314 valence electrons. The smallest absolute Gasteiger partial charge is 0.00201 e. The lowest BCUT2D eigenvalue weighted by Crippen LogP contribution is -1.94. The van der Waals surface area contributed by atoms with Crippen LogP contribution in [-0.4, -0.2) is 0 Å². The zero-order chi connectivity index (χ0) is 44.7. The fourth-order valence-corrected chi connectivity index (χ4v) is 11.4. The fraction of sp³-hybridized carbons (Fsp3) is 0. The third kappa shape index (κ3) is 6.15. The van der Waals surface area contributed by atoms with Crippen molar-refractivity contribution < 1.29 is 0 Å². The second-order valence-electron chi connectivity index (χ2n) is 18.4. The molecule has 0 spiro atoms. The maximum atomic E-state index is 2.47. The van der Waals surface area contributed by atoms with Crippen molar-refractivity contribution in [1.82, 2.24) is 0 Å². The van der Waals surface area contributed by atoms with Crippen LogP contribution in [0.2, 0.25) is 0 Å². The van der Waals surface area contributed by atoms with Crippen LogP contribution in [0.3, 0.4) is 0 Å². The van der Waals surface area contributed by atoms with Gasteiger partial charge in [-0.2, -0.15) is 0 Å². The first-order valence-electron chi connectivity index (χ1n) is 23.6. The summed E-state index contributed by atoms with van der Waals surface area (Å²) in [4.78, 5) is 0. The average Bonchev–Trinajstić information content (AvgIpc) is 3.42. The van der Waals surface area contributed by atoms with Crippen LogP contribution in [0.15, 0.2) is 255 Å². The summed E-state index contributed by atoms with van der Waals surface area (Å²) >= 11 is 0. The van der Waals surface area contributed by atoms with Crippen molar-refractivity contribution in [2.75, 3.05) is 0 Å². The van der Waals surface area contributed by atoms with E-state index >= 15 is 0 Å². The number of benzene rings is 14. The van der Waals surface area contributed by atoms with Gasteiger partial charge >= 0.3 is 0 Å². The average molecular weight is 859 g/mol. The molecule has 0 heterocycles. The van der Waals surface area contributed by atoms with E-state index in [1.165, 1.54) is 143 Å². The molecule has 0 unspecified atom stereocenters. The van der Waals surface area contributed by atoms with Gasteiger partial charge in [0, 0.05) is 0 Å². The predicted molar refractivity (Wildman–Crippen MR) is 292 cm³/mol. The van der Waals surface area contributed by atoms with Crippen molar-refractivity contribution in [2.45, 2.75) is 0 Å². The third-order valence-electron chi connectivity index (χ3n) is 14.5. The number of hydrogen-bond donors (Lipinski definition) is 0. The Hall–Kier alpha value is -8.84. The first kappa shape index (κ1) is 38.4. The molecule has 0 saturated carbocycles. The minimum absolute atomic E-state index is 1.21. The zero-order valence-corrected chi connectivity index (χ0v) is 37.2. The second kappa shape index (κ2) is 15.4. The van der Waals surface area contributed by atoms with Gasteiger partial charge in [-0.15, -0.1) is 0 Å². The maximum Gasteiger partial charge on any atom is -0.00201 e. The molecule has 0 aliphatic rings. The molecule has 68 heavy (non-hydrogen) atoms. The van der Waals surface area contributed by atoms with Gasteiger partial charge in [0.1, 0.15) is 0 Å². The molecule has 0 atom stereocenters. The fourth-order valence-electron chi connectivity index (χ4n) is 11.4. The van der Waals surface area contributed by atoms with Gasteiger partial charge in [0.15, 0.2) is 0 Å². The lowest BCUT2D eigenvalue weighted by Gasteiger charge is -2.21. The maximum absolute atomic E-state index is 2.47. The molecular formula is C68H42. The second-order valence-corrected chi connectivity index (χ2v) is 18.4. The van der Waals surface area contributed by atoms with Crippen LogP contribution in [0, 0.1) is 0 Å². The Kier molecular flexibility index (Phi) is 8.69. The highest BCUT2D eigenvalue weighted by Crippen LogP contribution is 2.49. The highest BCUT2D eigenvalue weighted by molar-refractivity contribution is 6.33. The summed E-state index contributed by atoms with van der Waals surface area (Å²) in [7, 11) is 0. The van der Waals surface area contributed by atoms with Crippen LogP contribution in [0.25, 0.3) is 143 Å². The largest absolute Gasteiger partial charge is 0.0622 e. The highest BCUT2D eigenvalue weighted by Gasteiger charge is 2.22. The monoisotopic (exact) mass is 858 g/mol. The van der Waals surface area contributed by atoms with Gasteiger partial charge in [-0.1, -0.05) is 194 Å². The Bertz CT molecular complexity index is 3810. The molecule has 0 bridgehead atoms. The third-order valence-corrected chi connectivity index (χ3v) is 14.5. The first-order chi connectivity index (χ1) is 33.7. The molecule has 14 aromatic rings. The topological polar surface area (TPSA) is 0 Å². The van der Waals surface area contributed by atoms with E-state index in [0.29, 0.717) is 0 Å². The minimum atomic E-state index is 1.21. The molecule has 0 saturated heterocycles. The van der Waals surface area contributed by atoms with Crippen molar-refractivity contribution in [2.24, 2.45) is 0 Å².